The highest BCUT2D eigenvalue weighted by Crippen LogP contribution is 2.62. The van der Waals surface area contributed by atoms with Gasteiger partial charge in [0.05, 0.1) is 12.2 Å². The molecule has 122 valence electrons. The van der Waals surface area contributed by atoms with Crippen molar-refractivity contribution in [1.82, 2.24) is 0 Å². The first-order chi connectivity index (χ1) is 10.4. The first kappa shape index (κ1) is 14.9. The molecule has 3 nitrogen and oxygen atoms in total. The molecule has 0 spiro atoms. The summed E-state index contributed by atoms with van der Waals surface area (Å²) in [4.78, 5) is 0. The second kappa shape index (κ2) is 4.68. The zero-order valence-corrected chi connectivity index (χ0v) is 13.7. The quantitative estimate of drug-likeness (QED) is 0.602. The second-order valence-corrected chi connectivity index (χ2v) is 8.65. The van der Waals surface area contributed by atoms with Gasteiger partial charge in [-0.15, -0.1) is 0 Å². The zero-order chi connectivity index (χ0) is 15.7. The fourth-order valence-electron chi connectivity index (χ4n) is 6.13. The molecule has 4 aliphatic rings. The van der Waals surface area contributed by atoms with Gasteiger partial charge in [0, 0.05) is 16.9 Å². The lowest BCUT2D eigenvalue weighted by atomic mass is 9.50. The van der Waals surface area contributed by atoms with Crippen molar-refractivity contribution < 1.29 is 10.2 Å². The number of nitrogens with two attached hydrogens (primary N) is 1. The molecule has 2 saturated carbocycles. The Balaban J connectivity index is 1.74. The Kier molecular flexibility index (Phi) is 3.18. The molecule has 0 aliphatic heterocycles. The second-order valence-electron chi connectivity index (χ2n) is 8.65. The Morgan fingerprint density at radius 2 is 1.95 bits per heavy atom. The van der Waals surface area contributed by atoms with Gasteiger partial charge in [-0.05, 0) is 49.9 Å². The largest absolute Gasteiger partial charge is 0.390 e. The third-order valence-corrected chi connectivity index (χ3v) is 7.57. The molecule has 0 radical (unpaired) electrons. The molecule has 4 N–H and O–H groups in total. The van der Waals surface area contributed by atoms with Crippen LogP contribution in [0.25, 0.3) is 0 Å². The monoisotopic (exact) mass is 303 g/mol. The van der Waals surface area contributed by atoms with Crippen LogP contribution in [0.1, 0.15) is 46.0 Å². The summed E-state index contributed by atoms with van der Waals surface area (Å²) in [6.07, 6.45) is 11.0. The molecule has 0 heterocycles. The topological polar surface area (TPSA) is 66.5 Å². The number of rotatable bonds is 0. The molecule has 0 aromatic heterocycles. The average Bonchev–Trinajstić information content (AvgIpc) is 2.72. The molecule has 0 aromatic rings. The summed E-state index contributed by atoms with van der Waals surface area (Å²) in [6, 6.07) is 0.208. The Labute approximate surface area is 133 Å². The molecule has 4 unspecified atom stereocenters. The molecular formula is C19H29NO2. The average molecular weight is 303 g/mol. The van der Waals surface area contributed by atoms with Gasteiger partial charge >= 0.3 is 0 Å². The van der Waals surface area contributed by atoms with E-state index in [1.807, 2.05) is 0 Å². The first-order valence-electron chi connectivity index (χ1n) is 8.88. The van der Waals surface area contributed by atoms with Crippen LogP contribution < -0.4 is 5.73 Å². The Morgan fingerprint density at radius 1 is 1.18 bits per heavy atom. The van der Waals surface area contributed by atoms with Crippen molar-refractivity contribution in [2.75, 3.05) is 0 Å². The summed E-state index contributed by atoms with van der Waals surface area (Å²) in [5, 5.41) is 20.7. The molecule has 0 amide bonds. The summed E-state index contributed by atoms with van der Waals surface area (Å²) >= 11 is 0. The van der Waals surface area contributed by atoms with Crippen molar-refractivity contribution in [2.24, 2.45) is 34.3 Å². The third-order valence-electron chi connectivity index (χ3n) is 7.57. The van der Waals surface area contributed by atoms with Gasteiger partial charge in [-0.1, -0.05) is 37.6 Å². The Bertz CT molecular complexity index is 542. The zero-order valence-electron chi connectivity index (χ0n) is 13.7. The number of aliphatic hydroxyl groups excluding tert-OH is 2. The van der Waals surface area contributed by atoms with Gasteiger partial charge in [-0.25, -0.2) is 0 Å². The third kappa shape index (κ3) is 1.79. The van der Waals surface area contributed by atoms with Gasteiger partial charge in [0.15, 0.2) is 0 Å². The van der Waals surface area contributed by atoms with E-state index in [1.54, 1.807) is 5.57 Å². The van der Waals surface area contributed by atoms with E-state index in [-0.39, 0.29) is 16.9 Å². The van der Waals surface area contributed by atoms with Crippen LogP contribution in [0.15, 0.2) is 23.8 Å². The van der Waals surface area contributed by atoms with Gasteiger partial charge in [0.1, 0.15) is 0 Å². The highest BCUT2D eigenvalue weighted by atomic mass is 16.3. The molecule has 0 bridgehead atoms. The van der Waals surface area contributed by atoms with Gasteiger partial charge < -0.3 is 15.9 Å². The predicted molar refractivity (Wildman–Crippen MR) is 87.0 cm³/mol. The SMILES string of the molecule is C[C@]12C=CC(N)CC1CC[C@@H]1C2=CC[C@]2(C)C(O)C(O)C[C@@H]12. The van der Waals surface area contributed by atoms with Crippen LogP contribution in [-0.2, 0) is 0 Å². The van der Waals surface area contributed by atoms with Crippen LogP contribution in [0.2, 0.25) is 0 Å². The molecule has 3 heteroatoms. The number of hydrogen-bond donors (Lipinski definition) is 3. The van der Waals surface area contributed by atoms with Crippen molar-refractivity contribution in [2.45, 2.75) is 64.2 Å². The highest BCUT2D eigenvalue weighted by Gasteiger charge is 2.58. The molecule has 8 atom stereocenters. The van der Waals surface area contributed by atoms with Crippen molar-refractivity contribution in [1.29, 1.82) is 0 Å². The molecular weight excluding hydrogens is 274 g/mol. The fraction of sp³-hybridized carbons (Fsp3) is 0.789. The van der Waals surface area contributed by atoms with Crippen LogP contribution in [0.5, 0.6) is 0 Å². The molecule has 2 fully saturated rings. The summed E-state index contributed by atoms with van der Waals surface area (Å²) < 4.78 is 0. The van der Waals surface area contributed by atoms with Gasteiger partial charge in [-0.2, -0.15) is 0 Å². The maximum atomic E-state index is 10.5. The first-order valence-corrected chi connectivity index (χ1v) is 8.88. The molecule has 22 heavy (non-hydrogen) atoms. The van der Waals surface area contributed by atoms with E-state index < -0.39 is 12.2 Å². The van der Waals surface area contributed by atoms with Crippen LogP contribution in [0.4, 0.5) is 0 Å². The predicted octanol–water partition coefficient (Wildman–Crippen LogP) is 2.38. The van der Waals surface area contributed by atoms with Crippen LogP contribution in [-0.4, -0.2) is 28.5 Å². The summed E-state index contributed by atoms with van der Waals surface area (Å²) in [5.41, 5.74) is 7.69. The van der Waals surface area contributed by atoms with E-state index in [4.69, 9.17) is 5.73 Å². The van der Waals surface area contributed by atoms with E-state index in [9.17, 15) is 10.2 Å². The van der Waals surface area contributed by atoms with Crippen LogP contribution >= 0.6 is 0 Å². The van der Waals surface area contributed by atoms with Gasteiger partial charge in [-0.3, -0.25) is 0 Å². The van der Waals surface area contributed by atoms with E-state index >= 15 is 0 Å². The van der Waals surface area contributed by atoms with E-state index in [2.05, 4.69) is 32.1 Å². The van der Waals surface area contributed by atoms with Crippen molar-refractivity contribution in [3.63, 3.8) is 0 Å². The van der Waals surface area contributed by atoms with Crippen molar-refractivity contribution in [3.05, 3.63) is 23.8 Å². The minimum Gasteiger partial charge on any atom is -0.390 e. The Morgan fingerprint density at radius 3 is 2.73 bits per heavy atom. The van der Waals surface area contributed by atoms with E-state index in [0.717, 1.165) is 19.3 Å². The number of aliphatic hydroxyl groups is 2. The Hall–Kier alpha value is -0.640. The van der Waals surface area contributed by atoms with Gasteiger partial charge in [0.2, 0.25) is 0 Å². The number of allylic oxidation sites excluding steroid dienone is 3. The maximum Gasteiger partial charge on any atom is 0.0858 e. The lowest BCUT2D eigenvalue weighted by molar-refractivity contribution is -0.0326. The standard InChI is InChI=1S/C19H29NO2/c1-18-7-5-12(20)9-11(18)3-4-13-14(18)6-8-19(2)15(13)10-16(21)17(19)22/h5-7,11-13,15-17,21-22H,3-4,8-10,20H2,1-2H3/t11?,12?,13-,15+,16?,17?,18+,19+/m1/s1. The summed E-state index contributed by atoms with van der Waals surface area (Å²) in [5.74, 6) is 1.58. The number of hydrogen-bond acceptors (Lipinski definition) is 3. The smallest absolute Gasteiger partial charge is 0.0858 e. The lowest BCUT2D eigenvalue weighted by Gasteiger charge is -2.54. The van der Waals surface area contributed by atoms with Gasteiger partial charge in [0.25, 0.3) is 0 Å². The maximum absolute atomic E-state index is 10.5. The summed E-state index contributed by atoms with van der Waals surface area (Å²) in [7, 11) is 0. The summed E-state index contributed by atoms with van der Waals surface area (Å²) in [6.45, 7) is 4.55. The van der Waals surface area contributed by atoms with Crippen molar-refractivity contribution >= 4 is 0 Å². The molecule has 0 aromatic carbocycles. The van der Waals surface area contributed by atoms with Crippen LogP contribution in [0, 0.1) is 28.6 Å². The lowest BCUT2D eigenvalue weighted by Crippen LogP contribution is -2.48. The highest BCUT2D eigenvalue weighted by molar-refractivity contribution is 5.34. The minimum atomic E-state index is -0.573. The van der Waals surface area contributed by atoms with Crippen molar-refractivity contribution in [3.8, 4) is 0 Å². The molecule has 4 aliphatic carbocycles. The minimum absolute atomic E-state index is 0.138. The fourth-order valence-corrected chi connectivity index (χ4v) is 6.13. The van der Waals surface area contributed by atoms with E-state index in [1.165, 1.54) is 12.8 Å². The molecule has 4 rings (SSSR count). The number of fused-ring (bicyclic) bond motifs is 5. The van der Waals surface area contributed by atoms with Crippen LogP contribution in [0.3, 0.4) is 0 Å². The van der Waals surface area contributed by atoms with E-state index in [0.29, 0.717) is 17.8 Å². The normalized spacial score (nSPS) is 56.9. The molecule has 0 saturated heterocycles.